The molecule has 0 saturated carbocycles. The first kappa shape index (κ1) is 19.8. The molecule has 3 heterocycles. The lowest BCUT2D eigenvalue weighted by molar-refractivity contribution is -0.142. The molecule has 1 amide bonds. The number of aryl methyl sites for hydroxylation is 2. The zero-order chi connectivity index (χ0) is 20.4. The van der Waals surface area contributed by atoms with Crippen molar-refractivity contribution in [3.05, 3.63) is 33.3 Å². The van der Waals surface area contributed by atoms with E-state index < -0.39 is 0 Å². The molecule has 4 rings (SSSR count). The third-order valence-electron chi connectivity index (χ3n) is 4.85. The molecule has 0 aromatic carbocycles. The van der Waals surface area contributed by atoms with Gasteiger partial charge in [-0.1, -0.05) is 6.42 Å². The Balaban J connectivity index is 1.54. The molecule has 0 bridgehead atoms. The Labute approximate surface area is 176 Å². The molecule has 0 saturated heterocycles. The summed E-state index contributed by atoms with van der Waals surface area (Å²) in [5.74, 6) is -0.619. The van der Waals surface area contributed by atoms with Gasteiger partial charge in [0.2, 0.25) is 0 Å². The van der Waals surface area contributed by atoms with E-state index in [1.165, 1.54) is 34.7 Å². The molecule has 0 spiro atoms. The number of thiophene rings is 1. The van der Waals surface area contributed by atoms with E-state index in [0.29, 0.717) is 22.3 Å². The quantitative estimate of drug-likeness (QED) is 0.469. The number of aromatic nitrogens is 2. The molecule has 3 N–H and O–H groups in total. The molecule has 0 fully saturated rings. The molecule has 7 nitrogen and oxygen atoms in total. The van der Waals surface area contributed by atoms with Crippen LogP contribution in [-0.2, 0) is 28.8 Å². The van der Waals surface area contributed by atoms with Crippen LogP contribution in [0, 0.1) is 0 Å². The summed E-state index contributed by atoms with van der Waals surface area (Å²) >= 11 is 2.56. The molecule has 9 heteroatoms. The topological polar surface area (TPSA) is 107 Å². The van der Waals surface area contributed by atoms with E-state index in [-0.39, 0.29) is 18.3 Å². The van der Waals surface area contributed by atoms with Crippen molar-refractivity contribution in [1.82, 2.24) is 9.97 Å². The largest absolute Gasteiger partial charge is 0.466 e. The van der Waals surface area contributed by atoms with Gasteiger partial charge in [0.05, 0.1) is 18.7 Å². The monoisotopic (exact) mass is 430 g/mol. The van der Waals surface area contributed by atoms with Crippen LogP contribution in [0.3, 0.4) is 0 Å². The summed E-state index contributed by atoms with van der Waals surface area (Å²) in [6, 6.07) is 2.10. The van der Waals surface area contributed by atoms with Gasteiger partial charge >= 0.3 is 5.97 Å². The fourth-order valence-corrected chi connectivity index (χ4v) is 5.24. The van der Waals surface area contributed by atoms with E-state index in [1.54, 1.807) is 13.1 Å². The van der Waals surface area contributed by atoms with Crippen LogP contribution in [0.25, 0.3) is 10.2 Å². The number of rotatable bonds is 5. The van der Waals surface area contributed by atoms with Gasteiger partial charge in [-0.25, -0.2) is 9.97 Å². The Bertz CT molecular complexity index is 1070. The highest BCUT2D eigenvalue weighted by molar-refractivity contribution is 7.21. The van der Waals surface area contributed by atoms with Gasteiger partial charge in [-0.3, -0.25) is 14.9 Å². The maximum Gasteiger partial charge on any atom is 0.311 e. The number of nitrogen functional groups attached to an aromatic ring is 1. The van der Waals surface area contributed by atoms with E-state index in [9.17, 15) is 9.59 Å². The number of amides is 1. The molecule has 1 aliphatic rings. The maximum absolute atomic E-state index is 12.8. The van der Waals surface area contributed by atoms with Crippen molar-refractivity contribution in [2.75, 3.05) is 17.7 Å². The van der Waals surface area contributed by atoms with Crippen LogP contribution in [-0.4, -0.2) is 28.5 Å². The molecule has 152 valence electrons. The van der Waals surface area contributed by atoms with Crippen molar-refractivity contribution in [3.8, 4) is 0 Å². The molecule has 0 aliphatic heterocycles. The molecule has 0 radical (unpaired) electrons. The first-order valence-corrected chi connectivity index (χ1v) is 11.3. The number of nitrogens with one attached hydrogen (secondary N) is 1. The van der Waals surface area contributed by atoms with Gasteiger partial charge in [-0.15, -0.1) is 22.7 Å². The highest BCUT2D eigenvalue weighted by atomic mass is 32.1. The second-order valence-corrected chi connectivity index (χ2v) is 9.03. The minimum absolute atomic E-state index is 0.141. The normalized spacial score (nSPS) is 13.7. The Morgan fingerprint density at radius 1 is 1.24 bits per heavy atom. The second kappa shape index (κ2) is 8.46. The predicted octanol–water partition coefficient (Wildman–Crippen LogP) is 3.96. The second-order valence-electron chi connectivity index (χ2n) is 6.92. The van der Waals surface area contributed by atoms with Gasteiger partial charge in [0.25, 0.3) is 5.91 Å². The Hall–Kier alpha value is -2.52. The maximum atomic E-state index is 12.8. The van der Waals surface area contributed by atoms with Gasteiger partial charge in [0, 0.05) is 22.2 Å². The summed E-state index contributed by atoms with van der Waals surface area (Å²) in [5, 5.41) is 4.06. The third kappa shape index (κ3) is 4.25. The van der Waals surface area contributed by atoms with E-state index in [1.807, 2.05) is 0 Å². The number of nitrogens with two attached hydrogens (primary N) is 1. The van der Waals surface area contributed by atoms with E-state index in [0.717, 1.165) is 46.5 Å². The van der Waals surface area contributed by atoms with Crippen molar-refractivity contribution < 1.29 is 14.3 Å². The summed E-state index contributed by atoms with van der Waals surface area (Å²) in [4.78, 5) is 35.3. The summed E-state index contributed by atoms with van der Waals surface area (Å²) in [6.45, 7) is 2.10. The minimum atomic E-state index is -0.311. The number of anilines is 2. The van der Waals surface area contributed by atoms with Crippen LogP contribution in [0.15, 0.2) is 12.3 Å². The highest BCUT2D eigenvalue weighted by Gasteiger charge is 2.21. The van der Waals surface area contributed by atoms with Crippen LogP contribution >= 0.6 is 22.7 Å². The molecule has 29 heavy (non-hydrogen) atoms. The molecule has 3 aromatic rings. The number of carbonyl (C=O) groups is 2. The number of ether oxygens (including phenoxy) is 1. The van der Waals surface area contributed by atoms with Crippen LogP contribution in [0.4, 0.5) is 10.8 Å². The number of hydrogen-bond donors (Lipinski definition) is 2. The number of thiazole rings is 1. The minimum Gasteiger partial charge on any atom is -0.466 e. The number of carbonyl (C=O) groups excluding carboxylic acids is 2. The number of pyridine rings is 1. The number of esters is 1. The fraction of sp³-hybridized carbons (Fsp3) is 0.400. The summed E-state index contributed by atoms with van der Waals surface area (Å²) in [7, 11) is 0. The third-order valence-corrected chi connectivity index (χ3v) is 6.88. The lowest BCUT2D eigenvalue weighted by atomic mass is 10.1. The van der Waals surface area contributed by atoms with Crippen LogP contribution in [0.2, 0.25) is 0 Å². The molecule has 3 aromatic heterocycles. The number of fused-ring (bicyclic) bond motifs is 2. The standard InChI is InChI=1S/C20H22N4O3S2/c1-2-27-15(25)9-12-10-22-20(28-12)24-18(26)17-16(21)13-8-11-6-4-3-5-7-14(11)23-19(13)29-17/h8,10H,2-7,9,21H2,1H3,(H,22,24,26). The van der Waals surface area contributed by atoms with Gasteiger partial charge in [-0.05, 0) is 44.2 Å². The number of hydrogen-bond acceptors (Lipinski definition) is 8. The van der Waals surface area contributed by atoms with Crippen LogP contribution in [0.5, 0.6) is 0 Å². The summed E-state index contributed by atoms with van der Waals surface area (Å²) in [6.07, 6.45) is 7.24. The van der Waals surface area contributed by atoms with Crippen LogP contribution < -0.4 is 11.1 Å². The van der Waals surface area contributed by atoms with E-state index in [4.69, 9.17) is 15.5 Å². The summed E-state index contributed by atoms with van der Waals surface area (Å²) < 4.78 is 4.94. The smallest absolute Gasteiger partial charge is 0.311 e. The predicted molar refractivity (Wildman–Crippen MR) is 116 cm³/mol. The van der Waals surface area contributed by atoms with Gasteiger partial charge in [0.15, 0.2) is 5.13 Å². The zero-order valence-corrected chi connectivity index (χ0v) is 17.8. The first-order valence-electron chi connectivity index (χ1n) is 9.67. The molecular formula is C20H22N4O3S2. The average Bonchev–Trinajstić information content (AvgIpc) is 3.16. The summed E-state index contributed by atoms with van der Waals surface area (Å²) in [5.41, 5.74) is 9.14. The van der Waals surface area contributed by atoms with Crippen molar-refractivity contribution in [2.45, 2.75) is 45.4 Å². The number of nitrogens with zero attached hydrogens (tertiary/aromatic N) is 2. The van der Waals surface area contributed by atoms with Crippen molar-refractivity contribution in [2.24, 2.45) is 0 Å². The lowest BCUT2D eigenvalue weighted by Gasteiger charge is -2.04. The molecule has 1 aliphatic carbocycles. The first-order chi connectivity index (χ1) is 14.0. The Morgan fingerprint density at radius 2 is 2.07 bits per heavy atom. The highest BCUT2D eigenvalue weighted by Crippen LogP contribution is 2.35. The lowest BCUT2D eigenvalue weighted by Crippen LogP contribution is -2.11. The van der Waals surface area contributed by atoms with E-state index >= 15 is 0 Å². The van der Waals surface area contributed by atoms with Crippen molar-refractivity contribution in [3.63, 3.8) is 0 Å². The SMILES string of the molecule is CCOC(=O)Cc1cnc(NC(=O)c2sc3nc4c(cc3c2N)CCCCC4)s1. The van der Waals surface area contributed by atoms with Gasteiger partial charge in [0.1, 0.15) is 9.71 Å². The zero-order valence-electron chi connectivity index (χ0n) is 16.1. The van der Waals surface area contributed by atoms with Crippen molar-refractivity contribution >= 4 is 55.6 Å². The average molecular weight is 431 g/mol. The van der Waals surface area contributed by atoms with E-state index in [2.05, 4.69) is 16.4 Å². The van der Waals surface area contributed by atoms with Gasteiger partial charge < -0.3 is 10.5 Å². The molecule has 0 unspecified atom stereocenters. The fourth-order valence-electron chi connectivity index (χ4n) is 3.46. The Kier molecular flexibility index (Phi) is 5.77. The van der Waals surface area contributed by atoms with Crippen LogP contribution in [0.1, 0.15) is 52.0 Å². The Morgan fingerprint density at radius 3 is 2.90 bits per heavy atom. The molecular weight excluding hydrogens is 408 g/mol. The van der Waals surface area contributed by atoms with Crippen molar-refractivity contribution in [1.29, 1.82) is 0 Å². The van der Waals surface area contributed by atoms with Gasteiger partial charge in [-0.2, -0.15) is 0 Å². The molecule has 0 atom stereocenters.